The zero-order chi connectivity index (χ0) is 18.0. The van der Waals surface area contributed by atoms with Crippen molar-refractivity contribution in [2.24, 2.45) is 20.0 Å². The summed E-state index contributed by atoms with van der Waals surface area (Å²) in [6.45, 7) is 0.843. The number of carbonyl (C=O) groups excluding carboxylic acids is 2. The molecule has 1 saturated carbocycles. The summed E-state index contributed by atoms with van der Waals surface area (Å²) in [7, 11) is 3.22. The molecule has 1 aromatic heterocycles. The van der Waals surface area contributed by atoms with Gasteiger partial charge < -0.3 is 10.2 Å². The number of amides is 2. The van der Waals surface area contributed by atoms with Crippen molar-refractivity contribution in [3.8, 4) is 11.8 Å². The summed E-state index contributed by atoms with van der Waals surface area (Å²) >= 11 is 0. The van der Waals surface area contributed by atoms with Gasteiger partial charge in [0, 0.05) is 26.6 Å². The Kier molecular flexibility index (Phi) is 4.93. The van der Waals surface area contributed by atoms with Crippen LogP contribution in [0.3, 0.4) is 0 Å². The number of carbonyl (C=O) groups is 2. The standard InChI is InChI=1S/C17H23N5O3/c1-20-14(19-21(2)17(20)25)11-22-10-4-3-5-13(16(22)24)18-15(23)9-8-12-6-7-12/h12-13H,3-7,10-11H2,1-2H3,(H,18,23). The summed E-state index contributed by atoms with van der Waals surface area (Å²) in [5.41, 5.74) is -0.225. The second-order valence-corrected chi connectivity index (χ2v) is 6.71. The van der Waals surface area contributed by atoms with Gasteiger partial charge in [-0.3, -0.25) is 14.2 Å². The third-order valence-electron chi connectivity index (χ3n) is 4.60. The lowest BCUT2D eigenvalue weighted by molar-refractivity contribution is -0.135. The molecule has 1 aromatic rings. The van der Waals surface area contributed by atoms with Crippen LogP contribution < -0.4 is 11.0 Å². The highest BCUT2D eigenvalue weighted by Crippen LogP contribution is 2.27. The van der Waals surface area contributed by atoms with E-state index in [9.17, 15) is 14.4 Å². The highest BCUT2D eigenvalue weighted by molar-refractivity contribution is 5.97. The normalized spacial score (nSPS) is 20.6. The Morgan fingerprint density at radius 3 is 2.64 bits per heavy atom. The van der Waals surface area contributed by atoms with Crippen molar-refractivity contribution in [2.75, 3.05) is 6.54 Å². The summed E-state index contributed by atoms with van der Waals surface area (Å²) < 4.78 is 2.69. The molecule has 1 atom stereocenters. The molecule has 1 aliphatic carbocycles. The molecule has 1 N–H and O–H groups in total. The van der Waals surface area contributed by atoms with Gasteiger partial charge in [-0.15, -0.1) is 0 Å². The van der Waals surface area contributed by atoms with E-state index in [1.54, 1.807) is 19.0 Å². The molecule has 134 valence electrons. The molecular weight excluding hydrogens is 322 g/mol. The smallest absolute Gasteiger partial charge is 0.333 e. The molecule has 2 aliphatic rings. The van der Waals surface area contributed by atoms with Crippen LogP contribution in [0.5, 0.6) is 0 Å². The highest BCUT2D eigenvalue weighted by atomic mass is 16.2. The van der Waals surface area contributed by atoms with E-state index in [0.29, 0.717) is 24.7 Å². The summed E-state index contributed by atoms with van der Waals surface area (Å²) in [6.07, 6.45) is 4.42. The molecule has 8 nitrogen and oxygen atoms in total. The molecule has 0 radical (unpaired) electrons. The van der Waals surface area contributed by atoms with E-state index in [0.717, 1.165) is 25.7 Å². The molecule has 1 aliphatic heterocycles. The largest absolute Gasteiger partial charge is 0.345 e. The van der Waals surface area contributed by atoms with Gasteiger partial charge >= 0.3 is 5.69 Å². The van der Waals surface area contributed by atoms with Crippen LogP contribution in [-0.2, 0) is 30.2 Å². The van der Waals surface area contributed by atoms with Crippen molar-refractivity contribution in [1.82, 2.24) is 24.6 Å². The van der Waals surface area contributed by atoms with E-state index in [-0.39, 0.29) is 18.1 Å². The van der Waals surface area contributed by atoms with Gasteiger partial charge in [-0.05, 0) is 38.0 Å². The average Bonchev–Trinajstić information content (AvgIpc) is 3.39. The molecule has 2 amide bonds. The molecule has 25 heavy (non-hydrogen) atoms. The van der Waals surface area contributed by atoms with E-state index in [4.69, 9.17) is 0 Å². The monoisotopic (exact) mass is 345 g/mol. The van der Waals surface area contributed by atoms with Gasteiger partial charge in [0.1, 0.15) is 6.04 Å². The van der Waals surface area contributed by atoms with E-state index >= 15 is 0 Å². The first kappa shape index (κ1) is 17.3. The fraction of sp³-hybridized carbons (Fsp3) is 0.647. The molecule has 2 fully saturated rings. The molecule has 2 heterocycles. The Balaban J connectivity index is 1.68. The highest BCUT2D eigenvalue weighted by Gasteiger charge is 2.29. The SMILES string of the molecule is Cn1nc(CN2CCCCC(NC(=O)C#CC3CC3)C2=O)n(C)c1=O. The Morgan fingerprint density at radius 1 is 1.24 bits per heavy atom. The molecule has 0 bridgehead atoms. The number of hydrogen-bond acceptors (Lipinski definition) is 4. The molecule has 1 unspecified atom stereocenters. The van der Waals surface area contributed by atoms with Crippen LogP contribution in [0.4, 0.5) is 0 Å². The van der Waals surface area contributed by atoms with Crippen LogP contribution in [0.2, 0.25) is 0 Å². The number of hydrogen-bond donors (Lipinski definition) is 1. The number of nitrogens with one attached hydrogen (secondary N) is 1. The van der Waals surface area contributed by atoms with Gasteiger partial charge in [-0.1, -0.05) is 5.92 Å². The predicted octanol–water partition coefficient (Wildman–Crippen LogP) is -0.470. The Labute approximate surface area is 146 Å². The zero-order valence-corrected chi connectivity index (χ0v) is 14.6. The van der Waals surface area contributed by atoms with Crippen molar-refractivity contribution < 1.29 is 9.59 Å². The fourth-order valence-corrected chi connectivity index (χ4v) is 2.90. The van der Waals surface area contributed by atoms with Crippen LogP contribution in [-0.4, -0.2) is 43.6 Å². The first-order valence-corrected chi connectivity index (χ1v) is 8.65. The summed E-state index contributed by atoms with van der Waals surface area (Å²) in [5.74, 6) is 5.83. The van der Waals surface area contributed by atoms with E-state index < -0.39 is 11.9 Å². The van der Waals surface area contributed by atoms with Crippen molar-refractivity contribution in [1.29, 1.82) is 0 Å². The maximum Gasteiger partial charge on any atom is 0.345 e. The minimum atomic E-state index is -0.566. The van der Waals surface area contributed by atoms with Gasteiger partial charge in [-0.25, -0.2) is 9.48 Å². The van der Waals surface area contributed by atoms with E-state index in [1.807, 2.05) is 0 Å². The Morgan fingerprint density at radius 2 is 2.00 bits per heavy atom. The van der Waals surface area contributed by atoms with E-state index in [2.05, 4.69) is 22.3 Å². The first-order chi connectivity index (χ1) is 12.0. The Hall–Kier alpha value is -2.56. The lowest BCUT2D eigenvalue weighted by Gasteiger charge is -2.23. The molecule has 1 saturated heterocycles. The second kappa shape index (κ2) is 7.13. The summed E-state index contributed by atoms with van der Waals surface area (Å²) in [5, 5.41) is 6.92. The van der Waals surface area contributed by atoms with Gasteiger partial charge in [0.15, 0.2) is 5.82 Å². The van der Waals surface area contributed by atoms with Crippen LogP contribution in [0.15, 0.2) is 4.79 Å². The van der Waals surface area contributed by atoms with Crippen LogP contribution in [0, 0.1) is 17.8 Å². The maximum absolute atomic E-state index is 12.8. The topological polar surface area (TPSA) is 89.2 Å². The average molecular weight is 345 g/mol. The first-order valence-electron chi connectivity index (χ1n) is 8.65. The number of likely N-dealkylation sites (tertiary alicyclic amines) is 1. The summed E-state index contributed by atoms with van der Waals surface area (Å²) in [4.78, 5) is 38.2. The third kappa shape index (κ3) is 4.10. The van der Waals surface area contributed by atoms with E-state index in [1.165, 1.54) is 9.25 Å². The number of nitrogens with zero attached hydrogens (tertiary/aromatic N) is 4. The lowest BCUT2D eigenvalue weighted by atomic mass is 10.1. The number of aromatic nitrogens is 3. The summed E-state index contributed by atoms with van der Waals surface area (Å²) in [6, 6.07) is -0.566. The van der Waals surface area contributed by atoms with Crippen molar-refractivity contribution >= 4 is 11.8 Å². The number of rotatable bonds is 3. The second-order valence-electron chi connectivity index (χ2n) is 6.71. The Bertz CT molecular complexity index is 793. The van der Waals surface area contributed by atoms with Crippen LogP contribution >= 0.6 is 0 Å². The molecule has 0 aromatic carbocycles. The molecule has 0 spiro atoms. The van der Waals surface area contributed by atoms with Crippen molar-refractivity contribution in [3.63, 3.8) is 0 Å². The predicted molar refractivity (Wildman–Crippen MR) is 90.1 cm³/mol. The molecular formula is C17H23N5O3. The van der Waals surface area contributed by atoms with Gasteiger partial charge in [0.2, 0.25) is 5.91 Å². The van der Waals surface area contributed by atoms with Crippen LogP contribution in [0.1, 0.15) is 37.9 Å². The molecule has 8 heteroatoms. The minimum absolute atomic E-state index is 0.142. The van der Waals surface area contributed by atoms with Crippen molar-refractivity contribution in [2.45, 2.75) is 44.7 Å². The number of aryl methyl sites for hydroxylation is 1. The lowest BCUT2D eigenvalue weighted by Crippen LogP contribution is -2.47. The van der Waals surface area contributed by atoms with Gasteiger partial charge in [0.05, 0.1) is 6.54 Å². The van der Waals surface area contributed by atoms with Gasteiger partial charge in [0.25, 0.3) is 5.91 Å². The van der Waals surface area contributed by atoms with Crippen molar-refractivity contribution in [3.05, 3.63) is 16.3 Å². The fourth-order valence-electron chi connectivity index (χ4n) is 2.90. The molecule has 3 rings (SSSR count). The van der Waals surface area contributed by atoms with Gasteiger partial charge in [-0.2, -0.15) is 5.10 Å². The minimum Gasteiger partial charge on any atom is -0.333 e. The zero-order valence-electron chi connectivity index (χ0n) is 14.6. The maximum atomic E-state index is 12.8. The third-order valence-corrected chi connectivity index (χ3v) is 4.60. The van der Waals surface area contributed by atoms with Crippen LogP contribution in [0.25, 0.3) is 0 Å². The quantitative estimate of drug-likeness (QED) is 0.750.